The van der Waals surface area contributed by atoms with Crippen molar-refractivity contribution in [1.82, 2.24) is 0 Å². The van der Waals surface area contributed by atoms with Crippen molar-refractivity contribution in [2.45, 2.75) is 40.5 Å². The Hall–Kier alpha value is -0.00571. The van der Waals surface area contributed by atoms with Gasteiger partial charge >= 0.3 is 53.5 Å². The molecule has 0 unspecified atom stereocenters. The zero-order chi connectivity index (χ0) is 12.9. The summed E-state index contributed by atoms with van der Waals surface area (Å²) < 4.78 is 3.25. The molecular formula is C16H24Cl2Ti-2. The second-order valence-corrected chi connectivity index (χ2v) is 7.64. The van der Waals surface area contributed by atoms with Gasteiger partial charge in [-0.3, -0.25) is 12.2 Å². The Balaban J connectivity index is -0.000000194. The third kappa shape index (κ3) is 23.5. The summed E-state index contributed by atoms with van der Waals surface area (Å²) in [6.07, 6.45) is 20.0. The summed E-state index contributed by atoms with van der Waals surface area (Å²) in [6, 6.07) is 0. The first kappa shape index (κ1) is 24.0. The van der Waals surface area contributed by atoms with Crippen LogP contribution in [0.5, 0.6) is 0 Å². The molecule has 2 rings (SSSR count). The Morgan fingerprint density at radius 1 is 0.789 bits per heavy atom. The first-order valence-electron chi connectivity index (χ1n) is 5.93. The van der Waals surface area contributed by atoms with Gasteiger partial charge in [0.15, 0.2) is 0 Å². The van der Waals surface area contributed by atoms with Gasteiger partial charge in [-0.1, -0.05) is 0 Å². The van der Waals surface area contributed by atoms with Crippen molar-refractivity contribution in [3.63, 3.8) is 0 Å². The van der Waals surface area contributed by atoms with Crippen molar-refractivity contribution in [3.05, 3.63) is 48.6 Å². The zero-order valence-electron chi connectivity index (χ0n) is 12.2. The van der Waals surface area contributed by atoms with Gasteiger partial charge in [-0.2, -0.15) is 12.2 Å². The van der Waals surface area contributed by atoms with Crippen LogP contribution in [0.25, 0.3) is 0 Å². The number of hydrogen-bond acceptors (Lipinski definition) is 0. The molecular weight excluding hydrogens is 311 g/mol. The summed E-state index contributed by atoms with van der Waals surface area (Å²) in [5.41, 5.74) is 0. The molecule has 0 saturated carbocycles. The van der Waals surface area contributed by atoms with E-state index in [2.05, 4.69) is 52.0 Å². The van der Waals surface area contributed by atoms with Crippen LogP contribution < -0.4 is 0 Å². The van der Waals surface area contributed by atoms with Crippen molar-refractivity contribution in [1.29, 1.82) is 0 Å². The van der Waals surface area contributed by atoms with Gasteiger partial charge in [0.25, 0.3) is 0 Å². The smallest absolute Gasteiger partial charge is 0.109 e. The molecule has 0 heterocycles. The van der Waals surface area contributed by atoms with E-state index in [0.717, 1.165) is 12.8 Å². The summed E-state index contributed by atoms with van der Waals surface area (Å²) in [5.74, 6) is 0. The van der Waals surface area contributed by atoms with Gasteiger partial charge in [0.2, 0.25) is 0 Å². The maximum atomic E-state index is 2.99. The van der Waals surface area contributed by atoms with E-state index in [9.17, 15) is 0 Å². The minimum Gasteiger partial charge on any atom is -0.273 e. The van der Waals surface area contributed by atoms with Crippen LogP contribution in [0.4, 0.5) is 0 Å². The van der Waals surface area contributed by atoms with Crippen LogP contribution in [0.15, 0.2) is 36.5 Å². The largest absolute Gasteiger partial charge is 0.273 e. The molecule has 108 valence electrons. The number of halogens is 2. The first-order chi connectivity index (χ1) is 8.13. The molecule has 0 amide bonds. The second-order valence-electron chi connectivity index (χ2n) is 4.13. The standard InChI is InChI=1S/2C5H5.2C3H6.2ClH.Ti/c2*1-2-4-5-3-1;2*1-3-2;;;/h2*1-3H,4H2;2*1-2H3;2*1H;/q2*-1;;;;;. The molecule has 3 heteroatoms. The summed E-state index contributed by atoms with van der Waals surface area (Å²) in [6.45, 7) is 8.86. The van der Waals surface area contributed by atoms with E-state index >= 15 is 0 Å². The van der Waals surface area contributed by atoms with Crippen molar-refractivity contribution in [3.8, 4) is 0 Å². The van der Waals surface area contributed by atoms with E-state index in [0.29, 0.717) is 0 Å². The van der Waals surface area contributed by atoms with Gasteiger partial charge in [-0.05, 0) is 0 Å². The zero-order valence-corrected chi connectivity index (χ0v) is 15.4. The van der Waals surface area contributed by atoms with Crippen LogP contribution in [0.2, 0.25) is 0 Å². The van der Waals surface area contributed by atoms with Crippen LogP contribution in [0.1, 0.15) is 40.5 Å². The van der Waals surface area contributed by atoms with E-state index < -0.39 is 0 Å². The fraction of sp³-hybridized carbons (Fsp3) is 0.375. The van der Waals surface area contributed by atoms with Crippen LogP contribution in [0.3, 0.4) is 0 Å². The third-order valence-electron chi connectivity index (χ3n) is 1.67. The van der Waals surface area contributed by atoms with Crippen molar-refractivity contribution in [2.75, 3.05) is 0 Å². The Morgan fingerprint density at radius 2 is 1.16 bits per heavy atom. The summed E-state index contributed by atoms with van der Waals surface area (Å²) >= 11 is 0.222. The molecule has 0 bridgehead atoms. The second kappa shape index (κ2) is 18.0. The Kier molecular flexibility index (Phi) is 22.8. The predicted octanol–water partition coefficient (Wildman–Crippen LogP) is 4.95. The Labute approximate surface area is 139 Å². The molecule has 0 aliphatic heterocycles. The minimum atomic E-state index is 0. The molecule has 0 nitrogen and oxygen atoms in total. The monoisotopic (exact) mass is 334 g/mol. The van der Waals surface area contributed by atoms with Crippen molar-refractivity contribution < 1.29 is 18.2 Å². The normalized spacial score (nSPS) is 12.0. The minimum absolute atomic E-state index is 0. The predicted molar refractivity (Wildman–Crippen MR) is 90.3 cm³/mol. The number of hydrogen-bond donors (Lipinski definition) is 0. The maximum Gasteiger partial charge on any atom is -0.109 e. The molecule has 0 aromatic carbocycles. The maximum absolute atomic E-state index is 2.99. The van der Waals surface area contributed by atoms with E-state index in [1.807, 2.05) is 24.3 Å². The van der Waals surface area contributed by atoms with Crippen molar-refractivity contribution in [2.24, 2.45) is 0 Å². The SMILES string of the molecule is C[C](C)=[Ti]=[C](C)C.Cl.Cl.[C-]1=CC=CC1.[C-]1=CC=CC1. The van der Waals surface area contributed by atoms with Gasteiger partial charge in [-0.25, -0.2) is 24.3 Å². The molecule has 19 heavy (non-hydrogen) atoms. The summed E-state index contributed by atoms with van der Waals surface area (Å²) in [7, 11) is 0. The molecule has 0 aromatic rings. The third-order valence-corrected chi connectivity index (χ3v) is 3.23. The fourth-order valence-corrected chi connectivity index (χ4v) is 2.74. The molecule has 0 spiro atoms. The number of allylic oxidation sites excluding steroid dienone is 8. The van der Waals surface area contributed by atoms with Gasteiger partial charge in [0.05, 0.1) is 0 Å². The van der Waals surface area contributed by atoms with Crippen LogP contribution in [-0.4, -0.2) is 7.62 Å². The van der Waals surface area contributed by atoms with E-state index in [4.69, 9.17) is 0 Å². The van der Waals surface area contributed by atoms with Gasteiger partial charge in [0, 0.05) is 0 Å². The Bertz CT molecular complexity index is 320. The van der Waals surface area contributed by atoms with Crippen molar-refractivity contribution >= 4 is 32.4 Å². The van der Waals surface area contributed by atoms with Gasteiger partial charge in [-0.15, -0.1) is 37.7 Å². The molecule has 0 aromatic heterocycles. The average Bonchev–Trinajstić information content (AvgIpc) is 2.96. The quantitative estimate of drug-likeness (QED) is 0.434. The number of rotatable bonds is 0. The molecule has 0 radical (unpaired) electrons. The van der Waals surface area contributed by atoms with Crippen LogP contribution in [-0.2, 0) is 18.2 Å². The first-order valence-corrected chi connectivity index (χ1v) is 7.50. The average molecular weight is 335 g/mol. The molecule has 0 N–H and O–H groups in total. The van der Waals surface area contributed by atoms with E-state index in [1.165, 1.54) is 0 Å². The topological polar surface area (TPSA) is 0 Å². The fourth-order valence-electron chi connectivity index (χ4n) is 1.18. The molecule has 0 saturated heterocycles. The molecule has 0 atom stereocenters. The van der Waals surface area contributed by atoms with E-state index in [1.54, 1.807) is 7.62 Å². The van der Waals surface area contributed by atoms with Gasteiger partial charge in [0.1, 0.15) is 0 Å². The van der Waals surface area contributed by atoms with Crippen LogP contribution >= 0.6 is 24.8 Å². The van der Waals surface area contributed by atoms with Crippen LogP contribution in [0, 0.1) is 12.2 Å². The molecule has 2 aliphatic rings. The molecule has 2 aliphatic carbocycles. The summed E-state index contributed by atoms with van der Waals surface area (Å²) in [5, 5.41) is 0. The van der Waals surface area contributed by atoms with Gasteiger partial charge < -0.3 is 0 Å². The van der Waals surface area contributed by atoms with E-state index in [-0.39, 0.29) is 43.0 Å². The Morgan fingerprint density at radius 3 is 1.21 bits per heavy atom. The summed E-state index contributed by atoms with van der Waals surface area (Å²) in [4.78, 5) is 0. The molecule has 0 fully saturated rings.